The van der Waals surface area contributed by atoms with Gasteiger partial charge in [-0.25, -0.2) is 0 Å². The summed E-state index contributed by atoms with van der Waals surface area (Å²) in [5.41, 5.74) is 3.15. The third kappa shape index (κ3) is 3.09. The van der Waals surface area contributed by atoms with Gasteiger partial charge in [0.2, 0.25) is 0 Å². The summed E-state index contributed by atoms with van der Waals surface area (Å²) in [6.45, 7) is 0. The normalized spacial score (nSPS) is 9.87. The Labute approximate surface area is 134 Å². The number of anilines is 1. The minimum atomic E-state index is -0.235. The van der Waals surface area contributed by atoms with Crippen molar-refractivity contribution in [2.75, 3.05) is 5.32 Å². The molecule has 0 saturated carbocycles. The van der Waals surface area contributed by atoms with E-state index in [9.17, 15) is 10.1 Å². The topological polar surface area (TPSA) is 65.8 Å². The molecule has 0 fully saturated rings. The number of aromatic nitrogens is 1. The molecule has 1 amide bonds. The van der Waals surface area contributed by atoms with Gasteiger partial charge in [0.05, 0.1) is 23.5 Å². The molecule has 1 heterocycles. The fourth-order valence-electron chi connectivity index (χ4n) is 2.37. The van der Waals surface area contributed by atoms with Crippen molar-refractivity contribution in [3.05, 3.63) is 84.2 Å². The van der Waals surface area contributed by atoms with Crippen LogP contribution in [-0.4, -0.2) is 10.9 Å². The van der Waals surface area contributed by atoms with E-state index in [-0.39, 0.29) is 5.91 Å². The number of pyridine rings is 1. The molecule has 0 atom stereocenters. The molecular weight excluding hydrogens is 286 g/mol. The lowest BCUT2D eigenvalue weighted by Crippen LogP contribution is -2.13. The number of amides is 1. The van der Waals surface area contributed by atoms with Crippen LogP contribution in [0.15, 0.2) is 73.1 Å². The van der Waals surface area contributed by atoms with Crippen molar-refractivity contribution >= 4 is 11.6 Å². The van der Waals surface area contributed by atoms with E-state index in [1.807, 2.05) is 24.3 Å². The van der Waals surface area contributed by atoms with Crippen molar-refractivity contribution in [3.8, 4) is 17.2 Å². The summed E-state index contributed by atoms with van der Waals surface area (Å²) >= 11 is 0. The standard InChI is InChI=1S/C19H13N3O/c20-12-14-6-1-2-8-16(14)17-9-3-4-10-18(17)19(23)22-15-7-5-11-21-13-15/h1-11,13H,(H,22,23). The quantitative estimate of drug-likeness (QED) is 0.798. The highest BCUT2D eigenvalue weighted by molar-refractivity contribution is 6.08. The van der Waals surface area contributed by atoms with E-state index in [4.69, 9.17) is 0 Å². The van der Waals surface area contributed by atoms with E-state index >= 15 is 0 Å². The lowest BCUT2D eigenvalue weighted by atomic mass is 9.95. The average molecular weight is 299 g/mol. The van der Waals surface area contributed by atoms with E-state index in [0.29, 0.717) is 16.8 Å². The van der Waals surface area contributed by atoms with Crippen LogP contribution < -0.4 is 5.32 Å². The molecule has 3 aromatic rings. The molecule has 0 unspecified atom stereocenters. The molecule has 0 aliphatic heterocycles. The monoisotopic (exact) mass is 299 g/mol. The van der Waals surface area contributed by atoms with Crippen molar-refractivity contribution in [2.24, 2.45) is 0 Å². The molecule has 0 radical (unpaired) electrons. The molecule has 4 nitrogen and oxygen atoms in total. The second-order valence-electron chi connectivity index (χ2n) is 4.90. The lowest BCUT2D eigenvalue weighted by Gasteiger charge is -2.11. The van der Waals surface area contributed by atoms with Crippen LogP contribution in [0.1, 0.15) is 15.9 Å². The summed E-state index contributed by atoms with van der Waals surface area (Å²) in [6, 6.07) is 20.2. The third-order valence-electron chi connectivity index (χ3n) is 3.43. The molecule has 0 spiro atoms. The van der Waals surface area contributed by atoms with Crippen LogP contribution >= 0.6 is 0 Å². The molecule has 0 aliphatic rings. The summed E-state index contributed by atoms with van der Waals surface area (Å²) in [5, 5.41) is 12.1. The van der Waals surface area contributed by atoms with Crippen molar-refractivity contribution in [3.63, 3.8) is 0 Å². The fraction of sp³-hybridized carbons (Fsp3) is 0. The van der Waals surface area contributed by atoms with Gasteiger partial charge in [-0.05, 0) is 29.8 Å². The minimum Gasteiger partial charge on any atom is -0.321 e. The first-order chi connectivity index (χ1) is 11.3. The minimum absolute atomic E-state index is 0.235. The van der Waals surface area contributed by atoms with Crippen LogP contribution in [0.5, 0.6) is 0 Å². The van der Waals surface area contributed by atoms with Crippen molar-refractivity contribution < 1.29 is 4.79 Å². The van der Waals surface area contributed by atoms with Crippen LogP contribution in [0.25, 0.3) is 11.1 Å². The van der Waals surface area contributed by atoms with Crippen LogP contribution in [-0.2, 0) is 0 Å². The second kappa shape index (κ2) is 6.54. The predicted octanol–water partition coefficient (Wildman–Crippen LogP) is 3.87. The molecular formula is C19H13N3O. The number of carbonyl (C=O) groups is 1. The Morgan fingerprint density at radius 1 is 0.957 bits per heavy atom. The molecule has 0 bridgehead atoms. The number of carbonyl (C=O) groups excluding carboxylic acids is 1. The predicted molar refractivity (Wildman–Crippen MR) is 88.8 cm³/mol. The van der Waals surface area contributed by atoms with Gasteiger partial charge in [-0.3, -0.25) is 9.78 Å². The zero-order valence-corrected chi connectivity index (χ0v) is 12.2. The molecule has 0 aliphatic carbocycles. The van der Waals surface area contributed by atoms with Crippen molar-refractivity contribution in [1.82, 2.24) is 4.98 Å². The van der Waals surface area contributed by atoms with E-state index in [0.717, 1.165) is 11.1 Å². The number of nitriles is 1. The van der Waals surface area contributed by atoms with Gasteiger partial charge in [-0.1, -0.05) is 36.4 Å². The Hall–Kier alpha value is -3.45. The Kier molecular flexibility index (Phi) is 4.12. The molecule has 23 heavy (non-hydrogen) atoms. The maximum atomic E-state index is 12.6. The van der Waals surface area contributed by atoms with Gasteiger partial charge < -0.3 is 5.32 Å². The molecule has 0 saturated heterocycles. The van der Waals surface area contributed by atoms with Gasteiger partial charge in [0, 0.05) is 17.3 Å². The molecule has 1 N–H and O–H groups in total. The van der Waals surface area contributed by atoms with E-state index < -0.39 is 0 Å². The summed E-state index contributed by atoms with van der Waals surface area (Å²) in [4.78, 5) is 16.6. The highest BCUT2D eigenvalue weighted by Gasteiger charge is 2.14. The first-order valence-corrected chi connectivity index (χ1v) is 7.09. The van der Waals surface area contributed by atoms with Gasteiger partial charge in [0.1, 0.15) is 0 Å². The maximum Gasteiger partial charge on any atom is 0.256 e. The zero-order chi connectivity index (χ0) is 16.1. The van der Waals surface area contributed by atoms with Crippen molar-refractivity contribution in [2.45, 2.75) is 0 Å². The molecule has 110 valence electrons. The fourth-order valence-corrected chi connectivity index (χ4v) is 2.37. The second-order valence-corrected chi connectivity index (χ2v) is 4.90. The van der Waals surface area contributed by atoms with Crippen LogP contribution in [0, 0.1) is 11.3 Å². The first kappa shape index (κ1) is 14.5. The van der Waals surface area contributed by atoms with E-state index in [1.165, 1.54) is 0 Å². The smallest absolute Gasteiger partial charge is 0.256 e. The highest BCUT2D eigenvalue weighted by Crippen LogP contribution is 2.27. The number of rotatable bonds is 3. The molecule has 3 rings (SSSR count). The van der Waals surface area contributed by atoms with Gasteiger partial charge in [-0.15, -0.1) is 0 Å². The molecule has 4 heteroatoms. The molecule has 2 aromatic carbocycles. The number of hydrogen-bond donors (Lipinski definition) is 1. The Morgan fingerprint density at radius 3 is 2.43 bits per heavy atom. The van der Waals surface area contributed by atoms with Gasteiger partial charge in [0.25, 0.3) is 5.91 Å². The van der Waals surface area contributed by atoms with E-state index in [1.54, 1.807) is 48.8 Å². The average Bonchev–Trinajstić information content (AvgIpc) is 2.62. The Balaban J connectivity index is 2.02. The number of benzene rings is 2. The molecule has 1 aromatic heterocycles. The van der Waals surface area contributed by atoms with Gasteiger partial charge in [-0.2, -0.15) is 5.26 Å². The van der Waals surface area contributed by atoms with Gasteiger partial charge in [0.15, 0.2) is 0 Å². The Morgan fingerprint density at radius 2 is 1.70 bits per heavy atom. The Bertz CT molecular complexity index is 882. The van der Waals surface area contributed by atoms with Crippen LogP contribution in [0.2, 0.25) is 0 Å². The first-order valence-electron chi connectivity index (χ1n) is 7.09. The largest absolute Gasteiger partial charge is 0.321 e. The summed E-state index contributed by atoms with van der Waals surface area (Å²) < 4.78 is 0. The lowest BCUT2D eigenvalue weighted by molar-refractivity contribution is 0.102. The SMILES string of the molecule is N#Cc1ccccc1-c1ccccc1C(=O)Nc1cccnc1. The maximum absolute atomic E-state index is 12.6. The highest BCUT2D eigenvalue weighted by atomic mass is 16.1. The van der Waals surface area contributed by atoms with Crippen molar-refractivity contribution in [1.29, 1.82) is 5.26 Å². The summed E-state index contributed by atoms with van der Waals surface area (Å²) in [6.07, 6.45) is 3.23. The van der Waals surface area contributed by atoms with Crippen LogP contribution in [0.4, 0.5) is 5.69 Å². The zero-order valence-electron chi connectivity index (χ0n) is 12.2. The van der Waals surface area contributed by atoms with E-state index in [2.05, 4.69) is 16.4 Å². The summed E-state index contributed by atoms with van der Waals surface area (Å²) in [7, 11) is 0. The third-order valence-corrected chi connectivity index (χ3v) is 3.43. The van der Waals surface area contributed by atoms with Crippen LogP contribution in [0.3, 0.4) is 0 Å². The number of nitrogens with zero attached hydrogens (tertiary/aromatic N) is 2. The number of nitrogens with one attached hydrogen (secondary N) is 1. The van der Waals surface area contributed by atoms with Gasteiger partial charge >= 0.3 is 0 Å². The summed E-state index contributed by atoms with van der Waals surface area (Å²) in [5.74, 6) is -0.235. The number of hydrogen-bond acceptors (Lipinski definition) is 3.